The maximum Gasteiger partial charge on any atom is 0.343 e. The molecule has 0 atom stereocenters. The molecule has 0 bridgehead atoms. The van der Waals surface area contributed by atoms with Gasteiger partial charge in [-0.25, -0.2) is 14.6 Å². The molecular formula is C42H40N2O5. The molecule has 0 fully saturated rings. The fraction of sp³-hybridized carbons (Fsp3) is 0.167. The van der Waals surface area contributed by atoms with E-state index in [2.05, 4.69) is 6.58 Å². The predicted molar refractivity (Wildman–Crippen MR) is 196 cm³/mol. The lowest BCUT2D eigenvalue weighted by molar-refractivity contribution is -0.139. The van der Waals surface area contributed by atoms with Crippen LogP contribution in [-0.2, 0) is 9.53 Å². The number of carbonyl (C=O) groups excluding carboxylic acids is 2. The van der Waals surface area contributed by atoms with E-state index in [0.29, 0.717) is 30.1 Å². The molecule has 5 aromatic carbocycles. The highest BCUT2D eigenvalue weighted by Crippen LogP contribution is 2.26. The Bertz CT molecular complexity index is 1780. The number of hydrogen-bond donors (Lipinski definition) is 0. The Kier molecular flexibility index (Phi) is 12.5. The van der Waals surface area contributed by atoms with E-state index in [1.165, 1.54) is 0 Å². The van der Waals surface area contributed by atoms with Gasteiger partial charge in [-0.3, -0.25) is 0 Å². The van der Waals surface area contributed by atoms with Crippen molar-refractivity contribution in [3.05, 3.63) is 157 Å². The first-order chi connectivity index (χ1) is 24.0. The largest absolute Gasteiger partial charge is 0.494 e. The van der Waals surface area contributed by atoms with Crippen LogP contribution in [0, 0.1) is 0 Å². The van der Waals surface area contributed by atoms with Crippen molar-refractivity contribution in [1.82, 2.24) is 0 Å². The van der Waals surface area contributed by atoms with Gasteiger partial charge in [-0.15, -0.1) is 0 Å². The number of hydrazone groups is 1. The molecule has 0 saturated carbocycles. The number of anilines is 2. The Balaban J connectivity index is 1.08. The fourth-order valence-corrected chi connectivity index (χ4v) is 4.91. The van der Waals surface area contributed by atoms with Gasteiger partial charge in [-0.05, 0) is 122 Å². The number of rotatable bonds is 16. The van der Waals surface area contributed by atoms with Crippen LogP contribution in [0.5, 0.6) is 11.5 Å². The summed E-state index contributed by atoms with van der Waals surface area (Å²) in [6.07, 6.45) is 5.51. The quantitative estimate of drug-likeness (QED) is 0.0264. The van der Waals surface area contributed by atoms with Crippen LogP contribution in [0.4, 0.5) is 11.4 Å². The molecule has 49 heavy (non-hydrogen) atoms. The van der Waals surface area contributed by atoms with Gasteiger partial charge in [0.05, 0.1) is 36.4 Å². The Morgan fingerprint density at radius 3 is 1.76 bits per heavy atom. The van der Waals surface area contributed by atoms with Crippen molar-refractivity contribution in [2.24, 2.45) is 5.10 Å². The van der Waals surface area contributed by atoms with Crippen molar-refractivity contribution < 1.29 is 23.8 Å². The highest BCUT2D eigenvalue weighted by Gasteiger charge is 2.10. The highest BCUT2D eigenvalue weighted by atomic mass is 16.5. The lowest BCUT2D eigenvalue weighted by Crippen LogP contribution is -2.09. The van der Waals surface area contributed by atoms with E-state index >= 15 is 0 Å². The minimum Gasteiger partial charge on any atom is -0.494 e. The molecule has 0 aliphatic carbocycles. The molecule has 0 heterocycles. The number of esters is 2. The lowest BCUT2D eigenvalue weighted by Gasteiger charge is -2.19. The molecule has 0 spiro atoms. The summed E-state index contributed by atoms with van der Waals surface area (Å²) in [5.41, 5.74) is 5.66. The maximum absolute atomic E-state index is 12.9. The summed E-state index contributed by atoms with van der Waals surface area (Å²) in [5.74, 6) is 0.500. The normalized spacial score (nSPS) is 10.8. The number of hydrogen-bond acceptors (Lipinski definition) is 7. The van der Waals surface area contributed by atoms with Crippen molar-refractivity contribution >= 4 is 29.5 Å². The first-order valence-electron chi connectivity index (χ1n) is 16.4. The highest BCUT2D eigenvalue weighted by molar-refractivity contribution is 5.92. The molecule has 7 heteroatoms. The molecule has 5 aromatic rings. The Morgan fingerprint density at radius 2 is 1.18 bits per heavy atom. The number of ether oxygens (including phenoxy) is 3. The van der Waals surface area contributed by atoms with Gasteiger partial charge >= 0.3 is 11.9 Å². The third kappa shape index (κ3) is 10.5. The van der Waals surface area contributed by atoms with Gasteiger partial charge < -0.3 is 14.2 Å². The maximum atomic E-state index is 12.9. The average molecular weight is 653 g/mol. The van der Waals surface area contributed by atoms with Crippen molar-refractivity contribution in [3.63, 3.8) is 0 Å². The molecule has 0 saturated heterocycles. The second-order valence-electron chi connectivity index (χ2n) is 11.5. The van der Waals surface area contributed by atoms with E-state index in [0.717, 1.165) is 59.5 Å². The molecule has 0 amide bonds. The first kappa shape index (κ1) is 34.4. The Hall–Kier alpha value is -5.95. The molecule has 5 rings (SSSR count). The Morgan fingerprint density at radius 1 is 0.653 bits per heavy atom. The monoisotopic (exact) mass is 652 g/mol. The van der Waals surface area contributed by atoms with Gasteiger partial charge in [0.2, 0.25) is 0 Å². The van der Waals surface area contributed by atoms with E-state index in [1.54, 1.807) is 37.4 Å². The molecule has 0 aliphatic rings. The molecule has 248 valence electrons. The zero-order chi connectivity index (χ0) is 34.3. The van der Waals surface area contributed by atoms with Gasteiger partial charge in [0.15, 0.2) is 0 Å². The van der Waals surface area contributed by atoms with Crippen molar-refractivity contribution in [3.8, 4) is 22.6 Å². The number of unbranched alkanes of at least 4 members (excludes halogenated alkanes) is 3. The van der Waals surface area contributed by atoms with Crippen LogP contribution in [0.3, 0.4) is 0 Å². The molecule has 7 nitrogen and oxygen atoms in total. The minimum atomic E-state index is -0.427. The van der Waals surface area contributed by atoms with Crippen LogP contribution < -0.4 is 14.5 Å². The summed E-state index contributed by atoms with van der Waals surface area (Å²) < 4.78 is 16.6. The van der Waals surface area contributed by atoms with Crippen LogP contribution in [-0.4, -0.2) is 31.4 Å². The molecule has 0 aromatic heterocycles. The smallest absolute Gasteiger partial charge is 0.343 e. The topological polar surface area (TPSA) is 77.4 Å². The first-order valence-corrected chi connectivity index (χ1v) is 16.4. The number of carbonyl (C=O) groups is 2. The Labute approximate surface area is 288 Å². The van der Waals surface area contributed by atoms with Gasteiger partial charge in [0.25, 0.3) is 0 Å². The van der Waals surface area contributed by atoms with E-state index < -0.39 is 5.97 Å². The molecule has 0 N–H and O–H groups in total. The SMILES string of the molecule is C=C(C)C(=O)OCCCCCCOc1ccc(-c2ccc(C(=O)Oc3ccc(/C=N/N(c4ccccc4)c4ccccc4)cc3)cc2)cc1. The zero-order valence-electron chi connectivity index (χ0n) is 27.7. The summed E-state index contributed by atoms with van der Waals surface area (Å²) in [5, 5.41) is 6.60. The molecule has 0 radical (unpaired) electrons. The van der Waals surface area contributed by atoms with E-state index in [9.17, 15) is 9.59 Å². The standard InChI is InChI=1S/C42H40N2O5/c1-32(2)41(45)48-30-12-4-3-11-29-47-39-27-23-35(24-28-39)34-19-21-36(22-20-34)42(46)49-40-25-17-33(18-26-40)31-43-44(37-13-7-5-8-14-37)38-15-9-6-10-16-38/h5-10,13-28,31H,1,3-4,11-12,29-30H2,2H3/b43-31+. The summed E-state index contributed by atoms with van der Waals surface area (Å²) >= 11 is 0. The van der Waals surface area contributed by atoms with Crippen molar-refractivity contribution in [2.75, 3.05) is 18.2 Å². The summed E-state index contributed by atoms with van der Waals surface area (Å²) in [6, 6.07) is 42.4. The molecular weight excluding hydrogens is 612 g/mol. The van der Waals surface area contributed by atoms with E-state index in [-0.39, 0.29) is 5.97 Å². The second kappa shape index (κ2) is 17.8. The molecule has 0 unspecified atom stereocenters. The second-order valence-corrected chi connectivity index (χ2v) is 11.5. The van der Waals surface area contributed by atoms with E-state index in [1.807, 2.05) is 114 Å². The van der Waals surface area contributed by atoms with Gasteiger partial charge in [-0.1, -0.05) is 67.2 Å². The van der Waals surface area contributed by atoms with Crippen LogP contribution in [0.1, 0.15) is 48.5 Å². The van der Waals surface area contributed by atoms with Crippen molar-refractivity contribution in [2.45, 2.75) is 32.6 Å². The summed E-state index contributed by atoms with van der Waals surface area (Å²) in [4.78, 5) is 24.3. The van der Waals surface area contributed by atoms with Crippen LogP contribution in [0.2, 0.25) is 0 Å². The number of nitrogens with zero attached hydrogens (tertiary/aromatic N) is 2. The average Bonchev–Trinajstić information content (AvgIpc) is 3.14. The van der Waals surface area contributed by atoms with Gasteiger partial charge in [-0.2, -0.15) is 5.10 Å². The summed E-state index contributed by atoms with van der Waals surface area (Å²) in [6.45, 7) is 6.27. The van der Waals surface area contributed by atoms with E-state index in [4.69, 9.17) is 19.3 Å². The number of para-hydroxylation sites is 2. The third-order valence-corrected chi connectivity index (χ3v) is 7.61. The van der Waals surface area contributed by atoms with Crippen LogP contribution in [0.25, 0.3) is 11.1 Å². The lowest BCUT2D eigenvalue weighted by atomic mass is 10.0. The zero-order valence-corrected chi connectivity index (χ0v) is 27.7. The minimum absolute atomic E-state index is 0.332. The number of benzene rings is 5. The third-order valence-electron chi connectivity index (χ3n) is 7.61. The van der Waals surface area contributed by atoms with Gasteiger partial charge in [0.1, 0.15) is 11.5 Å². The van der Waals surface area contributed by atoms with Crippen molar-refractivity contribution in [1.29, 1.82) is 0 Å². The van der Waals surface area contributed by atoms with Crippen LogP contribution >= 0.6 is 0 Å². The fourth-order valence-electron chi connectivity index (χ4n) is 4.91. The van der Waals surface area contributed by atoms with Crippen LogP contribution in [0.15, 0.2) is 151 Å². The van der Waals surface area contributed by atoms with Gasteiger partial charge in [0, 0.05) is 5.57 Å². The summed E-state index contributed by atoms with van der Waals surface area (Å²) in [7, 11) is 0. The predicted octanol–water partition coefficient (Wildman–Crippen LogP) is 9.80. The molecule has 0 aliphatic heterocycles.